The Morgan fingerprint density at radius 3 is 2.48 bits per heavy atom. The number of carbonyl (C=O) groups is 1. The summed E-state index contributed by atoms with van der Waals surface area (Å²) in [5, 5.41) is 0. The molecular formula is C16H24BNO3. The Bertz CT molecular complexity index is 453. The monoisotopic (exact) mass is 289 g/mol. The van der Waals surface area contributed by atoms with Gasteiger partial charge >= 0.3 is 6.09 Å². The molecule has 0 atom stereocenters. The van der Waals surface area contributed by atoms with Gasteiger partial charge in [-0.15, -0.1) is 0 Å². The van der Waals surface area contributed by atoms with Gasteiger partial charge in [0.25, 0.3) is 0 Å². The van der Waals surface area contributed by atoms with Crippen molar-refractivity contribution >= 4 is 19.4 Å². The van der Waals surface area contributed by atoms with Crippen LogP contribution in [0.25, 0.3) is 0 Å². The number of likely N-dealkylation sites (tertiary alicyclic amines) is 1. The molecule has 0 unspecified atom stereocenters. The van der Waals surface area contributed by atoms with E-state index >= 15 is 0 Å². The number of amides is 1. The van der Waals surface area contributed by atoms with Crippen LogP contribution in [0.4, 0.5) is 4.79 Å². The van der Waals surface area contributed by atoms with Crippen molar-refractivity contribution in [3.8, 4) is 5.75 Å². The van der Waals surface area contributed by atoms with E-state index in [-0.39, 0.29) is 12.2 Å². The average Bonchev–Trinajstić information content (AvgIpc) is 2.46. The largest absolute Gasteiger partial charge is 0.493 e. The van der Waals surface area contributed by atoms with E-state index in [0.717, 1.165) is 38.3 Å². The second-order valence-electron chi connectivity index (χ2n) is 5.99. The lowest BCUT2D eigenvalue weighted by Crippen LogP contribution is -2.40. The highest BCUT2D eigenvalue weighted by molar-refractivity contribution is 6.32. The number of benzene rings is 1. The zero-order valence-electron chi connectivity index (χ0n) is 13.2. The van der Waals surface area contributed by atoms with Crippen LogP contribution >= 0.6 is 0 Å². The molecule has 1 heterocycles. The van der Waals surface area contributed by atoms with E-state index in [1.807, 2.05) is 26.0 Å². The van der Waals surface area contributed by atoms with Crippen LogP contribution in [0, 0.1) is 5.92 Å². The molecule has 1 aliphatic heterocycles. The first-order valence-corrected chi connectivity index (χ1v) is 7.69. The summed E-state index contributed by atoms with van der Waals surface area (Å²) in [5.74, 6) is 1.43. The van der Waals surface area contributed by atoms with Gasteiger partial charge in [-0.1, -0.05) is 17.6 Å². The van der Waals surface area contributed by atoms with Gasteiger partial charge in [-0.05, 0) is 44.7 Å². The van der Waals surface area contributed by atoms with Crippen molar-refractivity contribution in [2.24, 2.45) is 5.92 Å². The van der Waals surface area contributed by atoms with Crippen LogP contribution in [-0.2, 0) is 4.74 Å². The molecule has 5 heteroatoms. The number of nitrogens with zero attached hydrogens (tertiary/aromatic N) is 1. The Kier molecular flexibility index (Phi) is 5.54. The SMILES string of the molecule is Bc1ccc(OCC2CCN(C(=O)OC(C)C)CC2)cc1. The number of hydrogen-bond acceptors (Lipinski definition) is 3. The third-order valence-electron chi connectivity index (χ3n) is 3.72. The van der Waals surface area contributed by atoms with E-state index in [1.165, 1.54) is 5.46 Å². The summed E-state index contributed by atoms with van der Waals surface area (Å²) >= 11 is 0. The second-order valence-corrected chi connectivity index (χ2v) is 5.99. The van der Waals surface area contributed by atoms with Gasteiger partial charge in [-0.2, -0.15) is 0 Å². The molecule has 1 aromatic rings. The van der Waals surface area contributed by atoms with E-state index < -0.39 is 0 Å². The molecule has 2 rings (SSSR count). The van der Waals surface area contributed by atoms with Gasteiger partial charge in [0.1, 0.15) is 13.6 Å². The zero-order chi connectivity index (χ0) is 15.2. The number of ether oxygens (including phenoxy) is 2. The Labute approximate surface area is 127 Å². The minimum Gasteiger partial charge on any atom is -0.493 e. The molecule has 0 aliphatic carbocycles. The molecule has 1 fully saturated rings. The fraction of sp³-hybridized carbons (Fsp3) is 0.562. The molecule has 1 aromatic carbocycles. The Morgan fingerprint density at radius 2 is 1.90 bits per heavy atom. The predicted octanol–water partition coefficient (Wildman–Crippen LogP) is 1.58. The number of hydrogen-bond donors (Lipinski definition) is 0. The quantitative estimate of drug-likeness (QED) is 0.790. The highest BCUT2D eigenvalue weighted by Gasteiger charge is 2.24. The highest BCUT2D eigenvalue weighted by Crippen LogP contribution is 2.20. The molecule has 1 amide bonds. The Hall–Kier alpha value is -1.65. The van der Waals surface area contributed by atoms with Crippen molar-refractivity contribution < 1.29 is 14.3 Å². The van der Waals surface area contributed by atoms with Gasteiger partial charge in [0, 0.05) is 13.1 Å². The maximum Gasteiger partial charge on any atom is 0.410 e. The van der Waals surface area contributed by atoms with Crippen molar-refractivity contribution in [1.82, 2.24) is 4.90 Å². The van der Waals surface area contributed by atoms with Crippen molar-refractivity contribution in [3.05, 3.63) is 24.3 Å². The molecule has 0 saturated carbocycles. The molecule has 1 aliphatic rings. The third kappa shape index (κ3) is 4.99. The van der Waals surface area contributed by atoms with Crippen molar-refractivity contribution in [1.29, 1.82) is 0 Å². The van der Waals surface area contributed by atoms with Crippen molar-refractivity contribution in [2.75, 3.05) is 19.7 Å². The molecule has 4 nitrogen and oxygen atoms in total. The second kappa shape index (κ2) is 7.39. The summed E-state index contributed by atoms with van der Waals surface area (Å²) in [6.45, 7) is 5.98. The number of piperidine rings is 1. The lowest BCUT2D eigenvalue weighted by Gasteiger charge is -2.31. The summed E-state index contributed by atoms with van der Waals surface area (Å²) in [6, 6.07) is 8.12. The van der Waals surface area contributed by atoms with E-state index in [4.69, 9.17) is 9.47 Å². The first kappa shape index (κ1) is 15.7. The van der Waals surface area contributed by atoms with Crippen LogP contribution in [0.2, 0.25) is 0 Å². The molecule has 114 valence electrons. The van der Waals surface area contributed by atoms with Gasteiger partial charge in [0.2, 0.25) is 0 Å². The zero-order valence-corrected chi connectivity index (χ0v) is 13.2. The highest BCUT2D eigenvalue weighted by atomic mass is 16.6. The maximum atomic E-state index is 11.8. The van der Waals surface area contributed by atoms with Gasteiger partial charge in [-0.25, -0.2) is 4.79 Å². The minimum atomic E-state index is -0.192. The fourth-order valence-corrected chi connectivity index (χ4v) is 2.41. The lowest BCUT2D eigenvalue weighted by molar-refractivity contribution is 0.0608. The molecule has 0 spiro atoms. The maximum absolute atomic E-state index is 11.8. The van der Waals surface area contributed by atoms with Crippen LogP contribution in [0.5, 0.6) is 5.75 Å². The summed E-state index contributed by atoms with van der Waals surface area (Å²) in [7, 11) is 2.07. The first-order chi connectivity index (χ1) is 10.0. The molecule has 0 aromatic heterocycles. The standard InChI is InChI=1S/C16H24BNO3/c1-12(2)21-16(19)18-9-7-13(8-10-18)11-20-15-5-3-14(17)4-6-15/h3-6,12-13H,7-11,17H2,1-2H3. The fourth-order valence-electron chi connectivity index (χ4n) is 2.41. The van der Waals surface area contributed by atoms with Gasteiger partial charge in [0.15, 0.2) is 0 Å². The normalized spacial score (nSPS) is 16.0. The predicted molar refractivity (Wildman–Crippen MR) is 86.0 cm³/mol. The van der Waals surface area contributed by atoms with Crippen molar-refractivity contribution in [2.45, 2.75) is 32.8 Å². The van der Waals surface area contributed by atoms with E-state index in [1.54, 1.807) is 4.90 Å². The summed E-state index contributed by atoms with van der Waals surface area (Å²) in [5.41, 5.74) is 1.24. The lowest BCUT2D eigenvalue weighted by atomic mass is 9.96. The molecular weight excluding hydrogens is 265 g/mol. The Balaban J connectivity index is 1.71. The van der Waals surface area contributed by atoms with Gasteiger partial charge in [-0.3, -0.25) is 0 Å². The van der Waals surface area contributed by atoms with Crippen LogP contribution < -0.4 is 10.2 Å². The van der Waals surface area contributed by atoms with Gasteiger partial charge < -0.3 is 14.4 Å². The smallest absolute Gasteiger partial charge is 0.410 e. The molecule has 1 saturated heterocycles. The molecule has 21 heavy (non-hydrogen) atoms. The summed E-state index contributed by atoms with van der Waals surface area (Å²) < 4.78 is 11.0. The third-order valence-corrected chi connectivity index (χ3v) is 3.72. The van der Waals surface area contributed by atoms with E-state index in [9.17, 15) is 4.79 Å². The molecule has 0 N–H and O–H groups in total. The number of rotatable bonds is 4. The van der Waals surface area contributed by atoms with E-state index in [2.05, 4.69) is 20.0 Å². The summed E-state index contributed by atoms with van der Waals surface area (Å²) in [6.07, 6.45) is 1.70. The van der Waals surface area contributed by atoms with Crippen LogP contribution in [0.3, 0.4) is 0 Å². The van der Waals surface area contributed by atoms with Gasteiger partial charge in [0.05, 0.1) is 12.7 Å². The first-order valence-electron chi connectivity index (χ1n) is 7.69. The minimum absolute atomic E-state index is 0.0555. The van der Waals surface area contributed by atoms with Crippen molar-refractivity contribution in [3.63, 3.8) is 0 Å². The van der Waals surface area contributed by atoms with Crippen LogP contribution in [0.15, 0.2) is 24.3 Å². The Morgan fingerprint density at radius 1 is 1.29 bits per heavy atom. The van der Waals surface area contributed by atoms with E-state index in [0.29, 0.717) is 5.92 Å². The molecule has 0 radical (unpaired) electrons. The number of carbonyl (C=O) groups excluding carboxylic acids is 1. The van der Waals surface area contributed by atoms with Crippen LogP contribution in [0.1, 0.15) is 26.7 Å². The molecule has 0 bridgehead atoms. The topological polar surface area (TPSA) is 38.8 Å². The average molecular weight is 289 g/mol. The summed E-state index contributed by atoms with van der Waals surface area (Å²) in [4.78, 5) is 13.6. The van der Waals surface area contributed by atoms with Crippen LogP contribution in [-0.4, -0.2) is 44.6 Å².